The number of hydrogen-bond acceptors (Lipinski definition) is 0. The Morgan fingerprint density at radius 2 is 1.89 bits per heavy atom. The predicted molar refractivity (Wildman–Crippen MR) is 48.5 cm³/mol. The van der Waals surface area contributed by atoms with Crippen molar-refractivity contribution in [1.82, 2.24) is 4.57 Å². The Morgan fingerprint density at radius 1 is 1.33 bits per heavy atom. The van der Waals surface area contributed by atoms with Crippen molar-refractivity contribution in [2.45, 2.75) is 0 Å². The Morgan fingerprint density at radius 3 is 2.00 bits per heavy atom. The quantitative estimate of drug-likeness (QED) is 0.692. The maximum atomic E-state index is 3.39. The van der Waals surface area contributed by atoms with Crippen molar-refractivity contribution in [2.24, 2.45) is 7.05 Å². The summed E-state index contributed by atoms with van der Waals surface area (Å²) in [6, 6.07) is 0. The minimum Gasteiger partial charge on any atom is -0.343 e. The molecule has 0 saturated carbocycles. The molecule has 0 radical (unpaired) electrons. The summed E-state index contributed by atoms with van der Waals surface area (Å²) in [4.78, 5) is 0. The molecule has 0 N–H and O–H groups in total. The first-order valence-electron chi connectivity index (χ1n) is 2.28. The van der Waals surface area contributed by atoms with E-state index in [2.05, 4.69) is 47.8 Å². The third kappa shape index (κ3) is 1.41. The Labute approximate surface area is 78.8 Å². The van der Waals surface area contributed by atoms with Gasteiger partial charge in [-0.05, 0) is 47.8 Å². The summed E-state index contributed by atoms with van der Waals surface area (Å²) < 4.78 is 5.16. The van der Waals surface area contributed by atoms with Gasteiger partial charge in [-0.1, -0.05) is 0 Å². The standard InChI is InChI=1S/C5H4Br3N/c1-9-2-3(6)4(7)5(9)8/h2H,1H3. The molecule has 0 aliphatic carbocycles. The summed E-state index contributed by atoms with van der Waals surface area (Å²) in [6.07, 6.45) is 1.98. The molecule has 1 heterocycles. The van der Waals surface area contributed by atoms with Crippen molar-refractivity contribution in [2.75, 3.05) is 0 Å². The van der Waals surface area contributed by atoms with Crippen LogP contribution in [0.2, 0.25) is 0 Å². The highest BCUT2D eigenvalue weighted by Gasteiger charge is 2.04. The maximum Gasteiger partial charge on any atom is 0.0999 e. The molecule has 0 amide bonds. The molecule has 4 heteroatoms. The van der Waals surface area contributed by atoms with Gasteiger partial charge in [0.05, 0.1) is 13.5 Å². The fourth-order valence-corrected chi connectivity index (χ4v) is 2.00. The molecule has 50 valence electrons. The van der Waals surface area contributed by atoms with Gasteiger partial charge >= 0.3 is 0 Å². The summed E-state index contributed by atoms with van der Waals surface area (Å²) in [5, 5.41) is 0. The third-order valence-corrected chi connectivity index (χ3v) is 4.43. The minimum absolute atomic E-state index is 1.05. The van der Waals surface area contributed by atoms with Gasteiger partial charge in [0.15, 0.2) is 0 Å². The van der Waals surface area contributed by atoms with Crippen molar-refractivity contribution >= 4 is 47.8 Å². The third-order valence-electron chi connectivity index (χ3n) is 1.01. The smallest absolute Gasteiger partial charge is 0.0999 e. The number of halogens is 3. The SMILES string of the molecule is Cn1cc(Br)c(Br)c1Br. The summed E-state index contributed by atoms with van der Waals surface area (Å²) >= 11 is 10.1. The fraction of sp³-hybridized carbons (Fsp3) is 0.200. The van der Waals surface area contributed by atoms with Gasteiger partial charge < -0.3 is 4.57 Å². The largest absolute Gasteiger partial charge is 0.343 e. The summed E-state index contributed by atoms with van der Waals surface area (Å²) in [5.74, 6) is 0. The van der Waals surface area contributed by atoms with E-state index in [-0.39, 0.29) is 0 Å². The molecule has 0 bridgehead atoms. The number of aromatic nitrogens is 1. The van der Waals surface area contributed by atoms with Crippen LogP contribution in [0.5, 0.6) is 0 Å². The second-order valence-corrected chi connectivity index (χ2v) is 4.09. The zero-order valence-corrected chi connectivity index (χ0v) is 9.42. The first kappa shape index (κ1) is 7.82. The maximum absolute atomic E-state index is 3.39. The molecule has 0 spiro atoms. The summed E-state index contributed by atoms with van der Waals surface area (Å²) in [6.45, 7) is 0. The predicted octanol–water partition coefficient (Wildman–Crippen LogP) is 3.31. The summed E-state index contributed by atoms with van der Waals surface area (Å²) in [7, 11) is 1.97. The molecule has 9 heavy (non-hydrogen) atoms. The molecule has 0 fully saturated rings. The van der Waals surface area contributed by atoms with Gasteiger partial charge in [-0.15, -0.1) is 0 Å². The van der Waals surface area contributed by atoms with Gasteiger partial charge in [0, 0.05) is 13.2 Å². The first-order valence-corrected chi connectivity index (χ1v) is 4.66. The molecule has 0 unspecified atom stereocenters. The zero-order valence-electron chi connectivity index (χ0n) is 4.66. The van der Waals surface area contributed by atoms with E-state index in [4.69, 9.17) is 0 Å². The van der Waals surface area contributed by atoms with Crippen LogP contribution >= 0.6 is 47.8 Å². The molecule has 0 aromatic carbocycles. The van der Waals surface area contributed by atoms with Gasteiger partial charge in [-0.25, -0.2) is 0 Å². The van der Waals surface area contributed by atoms with Crippen molar-refractivity contribution in [3.63, 3.8) is 0 Å². The van der Waals surface area contributed by atoms with Crippen LogP contribution < -0.4 is 0 Å². The molecule has 1 aromatic heterocycles. The van der Waals surface area contributed by atoms with Crippen molar-refractivity contribution in [1.29, 1.82) is 0 Å². The van der Waals surface area contributed by atoms with Gasteiger partial charge in [0.25, 0.3) is 0 Å². The normalized spacial score (nSPS) is 10.2. The Balaban J connectivity index is 3.29. The lowest BCUT2D eigenvalue weighted by Crippen LogP contribution is -1.81. The molecule has 0 atom stereocenters. The molecule has 1 aromatic rings. The van der Waals surface area contributed by atoms with Crippen LogP contribution in [0.15, 0.2) is 19.7 Å². The second kappa shape index (κ2) is 2.76. The highest BCUT2D eigenvalue weighted by Crippen LogP contribution is 2.31. The molecular formula is C5H4Br3N. The van der Waals surface area contributed by atoms with Crippen LogP contribution in [-0.4, -0.2) is 4.57 Å². The number of nitrogens with zero attached hydrogens (tertiary/aromatic N) is 1. The summed E-state index contributed by atoms with van der Waals surface area (Å²) in [5.41, 5.74) is 0. The minimum atomic E-state index is 1.05. The van der Waals surface area contributed by atoms with Crippen molar-refractivity contribution < 1.29 is 0 Å². The van der Waals surface area contributed by atoms with E-state index in [0.717, 1.165) is 13.5 Å². The lowest BCUT2D eigenvalue weighted by molar-refractivity contribution is 0.898. The van der Waals surface area contributed by atoms with E-state index in [9.17, 15) is 0 Å². The van der Waals surface area contributed by atoms with Crippen LogP contribution in [0.3, 0.4) is 0 Å². The van der Waals surface area contributed by atoms with Crippen LogP contribution in [0, 0.1) is 0 Å². The van der Waals surface area contributed by atoms with Crippen molar-refractivity contribution in [3.05, 3.63) is 19.7 Å². The zero-order chi connectivity index (χ0) is 7.02. The highest BCUT2D eigenvalue weighted by atomic mass is 79.9. The van der Waals surface area contributed by atoms with E-state index in [1.165, 1.54) is 0 Å². The fourth-order valence-electron chi connectivity index (χ4n) is 0.537. The molecule has 0 saturated heterocycles. The van der Waals surface area contributed by atoms with E-state index in [1.54, 1.807) is 0 Å². The number of aryl methyl sites for hydroxylation is 1. The molecule has 0 aliphatic rings. The Bertz CT molecular complexity index is 206. The topological polar surface area (TPSA) is 4.93 Å². The van der Waals surface area contributed by atoms with E-state index < -0.39 is 0 Å². The average Bonchev–Trinajstić information content (AvgIpc) is 1.98. The second-order valence-electron chi connectivity index (χ2n) is 1.69. The van der Waals surface area contributed by atoms with Gasteiger partial charge in [-0.2, -0.15) is 0 Å². The first-order chi connectivity index (χ1) is 4.13. The Kier molecular flexibility index (Phi) is 2.40. The number of rotatable bonds is 0. The lowest BCUT2D eigenvalue weighted by atomic mass is 10.7. The van der Waals surface area contributed by atoms with Gasteiger partial charge in [0.2, 0.25) is 0 Å². The molecule has 1 nitrogen and oxygen atoms in total. The van der Waals surface area contributed by atoms with Gasteiger partial charge in [-0.3, -0.25) is 0 Å². The van der Waals surface area contributed by atoms with Crippen LogP contribution in [0.25, 0.3) is 0 Å². The van der Waals surface area contributed by atoms with E-state index in [0.29, 0.717) is 0 Å². The lowest BCUT2D eigenvalue weighted by Gasteiger charge is -1.89. The van der Waals surface area contributed by atoms with Gasteiger partial charge in [0.1, 0.15) is 0 Å². The monoisotopic (exact) mass is 315 g/mol. The highest BCUT2D eigenvalue weighted by molar-refractivity contribution is 9.14. The molecular weight excluding hydrogens is 314 g/mol. The van der Waals surface area contributed by atoms with E-state index >= 15 is 0 Å². The van der Waals surface area contributed by atoms with Crippen molar-refractivity contribution in [3.8, 4) is 0 Å². The Hall–Kier alpha value is 0.720. The molecule has 0 aliphatic heterocycles. The van der Waals surface area contributed by atoms with Crippen LogP contribution in [0.4, 0.5) is 0 Å². The van der Waals surface area contributed by atoms with Crippen LogP contribution in [0.1, 0.15) is 0 Å². The van der Waals surface area contributed by atoms with Crippen LogP contribution in [-0.2, 0) is 7.05 Å². The number of hydrogen-bond donors (Lipinski definition) is 0. The average molecular weight is 318 g/mol. The van der Waals surface area contributed by atoms with E-state index in [1.807, 2.05) is 17.8 Å². The molecule has 1 rings (SSSR count).